The molecule has 0 saturated carbocycles. The molecule has 2 rings (SSSR count). The molecule has 4 nitrogen and oxygen atoms in total. The predicted octanol–water partition coefficient (Wildman–Crippen LogP) is 2.78. The maximum atomic E-state index is 11.1. The van der Waals surface area contributed by atoms with Crippen LogP contribution in [0.3, 0.4) is 0 Å². The van der Waals surface area contributed by atoms with Gasteiger partial charge in [0.05, 0.1) is 6.26 Å². The highest BCUT2D eigenvalue weighted by atomic mass is 16.4. The first kappa shape index (κ1) is 11.5. The zero-order valence-corrected chi connectivity index (χ0v) is 9.72. The Balaban J connectivity index is 2.30. The summed E-state index contributed by atoms with van der Waals surface area (Å²) in [7, 11) is 0. The van der Waals surface area contributed by atoms with E-state index in [2.05, 4.69) is 0 Å². The van der Waals surface area contributed by atoms with Crippen LogP contribution in [0.25, 0.3) is 0 Å². The Morgan fingerprint density at radius 2 is 2.24 bits per heavy atom. The van der Waals surface area contributed by atoms with E-state index in [0.29, 0.717) is 18.7 Å². The number of carbonyl (C=O) groups is 1. The minimum absolute atomic E-state index is 0.341. The second kappa shape index (κ2) is 4.91. The van der Waals surface area contributed by atoms with E-state index in [-0.39, 0.29) is 0 Å². The van der Waals surface area contributed by atoms with Gasteiger partial charge in [-0.15, -0.1) is 0 Å². The second-order valence-electron chi connectivity index (χ2n) is 3.92. The van der Waals surface area contributed by atoms with Crippen LogP contribution in [0.15, 0.2) is 34.9 Å². The maximum Gasteiger partial charge on any atom is 0.352 e. The monoisotopic (exact) mass is 233 g/mol. The molecular formula is C13H15NO3. The van der Waals surface area contributed by atoms with E-state index in [4.69, 9.17) is 9.52 Å². The Morgan fingerprint density at radius 3 is 2.82 bits per heavy atom. The van der Waals surface area contributed by atoms with Crippen molar-refractivity contribution in [3.8, 4) is 0 Å². The topological polar surface area (TPSA) is 55.4 Å². The molecule has 0 amide bonds. The van der Waals surface area contributed by atoms with Gasteiger partial charge in [0.25, 0.3) is 0 Å². The minimum atomic E-state index is -0.885. The lowest BCUT2D eigenvalue weighted by atomic mass is 10.2. The number of carboxylic acids is 1. The molecule has 0 aliphatic carbocycles. The maximum absolute atomic E-state index is 11.1. The number of aromatic carboxylic acids is 1. The summed E-state index contributed by atoms with van der Waals surface area (Å²) in [5, 5.41) is 9.09. The molecule has 0 atom stereocenters. The zero-order valence-electron chi connectivity index (χ0n) is 9.72. The third-order valence-corrected chi connectivity index (χ3v) is 2.67. The fourth-order valence-corrected chi connectivity index (χ4v) is 1.93. The van der Waals surface area contributed by atoms with E-state index in [0.717, 1.165) is 17.9 Å². The van der Waals surface area contributed by atoms with Crippen molar-refractivity contribution in [3.63, 3.8) is 0 Å². The van der Waals surface area contributed by atoms with Gasteiger partial charge in [0, 0.05) is 18.7 Å². The summed E-state index contributed by atoms with van der Waals surface area (Å²) in [6.45, 7) is 2.74. The van der Waals surface area contributed by atoms with E-state index < -0.39 is 5.97 Å². The van der Waals surface area contributed by atoms with Gasteiger partial charge >= 0.3 is 5.97 Å². The van der Waals surface area contributed by atoms with Crippen molar-refractivity contribution in [1.29, 1.82) is 0 Å². The van der Waals surface area contributed by atoms with Crippen LogP contribution in [0.1, 0.15) is 35.3 Å². The Labute approximate surface area is 99.5 Å². The summed E-state index contributed by atoms with van der Waals surface area (Å²) < 4.78 is 7.12. The van der Waals surface area contributed by atoms with Gasteiger partial charge in [-0.1, -0.05) is 6.92 Å². The lowest BCUT2D eigenvalue weighted by Gasteiger charge is -2.09. The number of hydrogen-bond acceptors (Lipinski definition) is 2. The van der Waals surface area contributed by atoms with E-state index in [9.17, 15) is 4.79 Å². The molecule has 2 heterocycles. The molecule has 0 unspecified atom stereocenters. The molecule has 17 heavy (non-hydrogen) atoms. The largest absolute Gasteiger partial charge is 0.477 e. The van der Waals surface area contributed by atoms with Crippen LogP contribution >= 0.6 is 0 Å². The van der Waals surface area contributed by atoms with Gasteiger partial charge < -0.3 is 14.1 Å². The molecule has 0 spiro atoms. The van der Waals surface area contributed by atoms with E-state index in [1.54, 1.807) is 12.3 Å². The highest BCUT2D eigenvalue weighted by Crippen LogP contribution is 2.15. The molecular weight excluding hydrogens is 218 g/mol. The van der Waals surface area contributed by atoms with Crippen molar-refractivity contribution in [1.82, 2.24) is 4.57 Å². The van der Waals surface area contributed by atoms with E-state index in [1.807, 2.05) is 29.7 Å². The minimum Gasteiger partial charge on any atom is -0.477 e. The molecule has 4 heteroatoms. The Kier molecular flexibility index (Phi) is 3.32. The molecule has 2 aromatic heterocycles. The molecule has 0 aliphatic heterocycles. The van der Waals surface area contributed by atoms with Gasteiger partial charge in [-0.2, -0.15) is 0 Å². The molecule has 0 aromatic carbocycles. The second-order valence-corrected chi connectivity index (χ2v) is 3.92. The quantitative estimate of drug-likeness (QED) is 0.863. The van der Waals surface area contributed by atoms with Crippen LogP contribution in [0.4, 0.5) is 0 Å². The van der Waals surface area contributed by atoms with Gasteiger partial charge in [0.1, 0.15) is 11.5 Å². The Morgan fingerprint density at radius 1 is 1.41 bits per heavy atom. The summed E-state index contributed by atoms with van der Waals surface area (Å²) in [6.07, 6.45) is 3.15. The lowest BCUT2D eigenvalue weighted by molar-refractivity contribution is 0.0684. The Bertz CT molecular complexity index is 497. The van der Waals surface area contributed by atoms with Gasteiger partial charge in [-0.25, -0.2) is 4.79 Å². The zero-order chi connectivity index (χ0) is 12.3. The van der Waals surface area contributed by atoms with Crippen molar-refractivity contribution >= 4 is 5.97 Å². The van der Waals surface area contributed by atoms with Crippen molar-refractivity contribution < 1.29 is 14.3 Å². The van der Waals surface area contributed by atoms with Gasteiger partial charge in [-0.3, -0.25) is 0 Å². The third-order valence-electron chi connectivity index (χ3n) is 2.67. The van der Waals surface area contributed by atoms with Gasteiger partial charge in [-0.05, 0) is 30.7 Å². The van der Waals surface area contributed by atoms with Crippen LogP contribution in [-0.2, 0) is 13.0 Å². The molecule has 0 aliphatic rings. The average Bonchev–Trinajstić information content (AvgIpc) is 2.90. The SMILES string of the molecule is CCCn1c(Cc2ccco2)ccc1C(=O)O. The summed E-state index contributed by atoms with van der Waals surface area (Å²) in [5.74, 6) is -0.0402. The summed E-state index contributed by atoms with van der Waals surface area (Å²) in [5.41, 5.74) is 1.31. The van der Waals surface area contributed by atoms with Crippen LogP contribution in [-0.4, -0.2) is 15.6 Å². The molecule has 0 fully saturated rings. The lowest BCUT2D eigenvalue weighted by Crippen LogP contribution is -2.11. The van der Waals surface area contributed by atoms with Crippen molar-refractivity contribution in [2.75, 3.05) is 0 Å². The van der Waals surface area contributed by atoms with E-state index >= 15 is 0 Å². The molecule has 90 valence electrons. The summed E-state index contributed by atoms with van der Waals surface area (Å²) in [4.78, 5) is 11.1. The molecule has 1 N–H and O–H groups in total. The number of rotatable bonds is 5. The van der Waals surface area contributed by atoms with Gasteiger partial charge in [0.15, 0.2) is 0 Å². The number of nitrogens with zero attached hydrogens (tertiary/aromatic N) is 1. The number of carboxylic acid groups (broad SMARTS) is 1. The summed E-state index contributed by atoms with van der Waals surface area (Å²) >= 11 is 0. The van der Waals surface area contributed by atoms with Crippen molar-refractivity contribution in [2.45, 2.75) is 26.3 Å². The highest BCUT2D eigenvalue weighted by molar-refractivity contribution is 5.86. The molecule has 0 saturated heterocycles. The Hall–Kier alpha value is -1.97. The molecule has 2 aromatic rings. The highest BCUT2D eigenvalue weighted by Gasteiger charge is 2.14. The van der Waals surface area contributed by atoms with Crippen molar-refractivity contribution in [3.05, 3.63) is 47.7 Å². The standard InChI is InChI=1S/C13H15NO3/c1-2-7-14-10(5-6-12(14)13(15)16)9-11-4-3-8-17-11/h3-6,8H,2,7,9H2,1H3,(H,15,16). The van der Waals surface area contributed by atoms with E-state index in [1.165, 1.54) is 0 Å². The number of aromatic nitrogens is 1. The number of furan rings is 1. The van der Waals surface area contributed by atoms with Crippen LogP contribution in [0.5, 0.6) is 0 Å². The first-order valence-corrected chi connectivity index (χ1v) is 5.66. The fourth-order valence-electron chi connectivity index (χ4n) is 1.93. The first-order valence-electron chi connectivity index (χ1n) is 5.66. The van der Waals surface area contributed by atoms with Crippen LogP contribution in [0, 0.1) is 0 Å². The van der Waals surface area contributed by atoms with Crippen LogP contribution < -0.4 is 0 Å². The summed E-state index contributed by atoms with van der Waals surface area (Å²) in [6, 6.07) is 7.22. The molecule has 0 radical (unpaired) electrons. The third kappa shape index (κ3) is 2.41. The first-order chi connectivity index (χ1) is 8.22. The van der Waals surface area contributed by atoms with Crippen molar-refractivity contribution in [2.24, 2.45) is 0 Å². The van der Waals surface area contributed by atoms with Crippen LogP contribution in [0.2, 0.25) is 0 Å². The van der Waals surface area contributed by atoms with Gasteiger partial charge in [0.2, 0.25) is 0 Å². The molecule has 0 bridgehead atoms. The predicted molar refractivity (Wildman–Crippen MR) is 63.2 cm³/mol. The normalized spacial score (nSPS) is 10.6. The average molecular weight is 233 g/mol. The fraction of sp³-hybridized carbons (Fsp3) is 0.308. The number of hydrogen-bond donors (Lipinski definition) is 1. The smallest absolute Gasteiger partial charge is 0.352 e.